The van der Waals surface area contributed by atoms with Gasteiger partial charge < -0.3 is 15.5 Å². The van der Waals surface area contributed by atoms with E-state index in [9.17, 15) is 4.79 Å². The Bertz CT molecular complexity index is 436. The number of halogens is 1. The lowest BCUT2D eigenvalue weighted by Crippen LogP contribution is -2.30. The number of nitrogens with two attached hydrogens (primary N) is 1. The summed E-state index contributed by atoms with van der Waals surface area (Å²) >= 11 is 6.24. The van der Waals surface area contributed by atoms with Crippen molar-refractivity contribution in [3.8, 4) is 0 Å². The summed E-state index contributed by atoms with van der Waals surface area (Å²) in [5.41, 5.74) is 7.37. The molecule has 0 spiro atoms. The van der Waals surface area contributed by atoms with E-state index < -0.39 is 0 Å². The molecule has 17 heavy (non-hydrogen) atoms. The maximum atomic E-state index is 11.9. The highest BCUT2D eigenvalue weighted by molar-refractivity contribution is 6.34. The monoisotopic (exact) mass is 253 g/mol. The average molecular weight is 254 g/mol. The number of para-hydroxylation sites is 1. The van der Waals surface area contributed by atoms with Gasteiger partial charge in [-0.15, -0.1) is 0 Å². The zero-order valence-electron chi connectivity index (χ0n) is 9.82. The molecule has 1 aromatic rings. The van der Waals surface area contributed by atoms with Crippen LogP contribution in [0, 0.1) is 0 Å². The Morgan fingerprint density at radius 2 is 2.24 bits per heavy atom. The molecule has 1 aliphatic heterocycles. The van der Waals surface area contributed by atoms with Crippen LogP contribution in [0.15, 0.2) is 18.2 Å². The molecule has 1 aromatic carbocycles. The Hall–Kier alpha value is -1.26. The molecule has 2 N–H and O–H groups in total. The lowest BCUT2D eigenvalue weighted by atomic mass is 10.2. The highest BCUT2D eigenvalue weighted by Crippen LogP contribution is 2.37. The number of carbonyl (C=O) groups excluding carboxylic acids is 1. The third kappa shape index (κ3) is 2.23. The van der Waals surface area contributed by atoms with Gasteiger partial charge in [0.25, 0.3) is 0 Å². The molecule has 0 saturated heterocycles. The van der Waals surface area contributed by atoms with Crippen LogP contribution in [0.1, 0.15) is 6.42 Å². The molecule has 4 nitrogen and oxygen atoms in total. The van der Waals surface area contributed by atoms with Gasteiger partial charge in [0.05, 0.1) is 16.4 Å². The molecule has 0 radical (unpaired) electrons. The third-order valence-electron chi connectivity index (χ3n) is 3.01. The summed E-state index contributed by atoms with van der Waals surface area (Å²) in [4.78, 5) is 15.6. The van der Waals surface area contributed by atoms with Gasteiger partial charge in [-0.2, -0.15) is 0 Å². The van der Waals surface area contributed by atoms with Crippen molar-refractivity contribution in [2.75, 3.05) is 36.5 Å². The van der Waals surface area contributed by atoms with Gasteiger partial charge >= 0.3 is 0 Å². The SMILES string of the molecule is CN1C(=O)CCN(CCN)c2c(Cl)cccc21. The number of amides is 1. The molecule has 2 rings (SSSR count). The van der Waals surface area contributed by atoms with Crippen molar-refractivity contribution < 1.29 is 4.79 Å². The second-order valence-corrected chi connectivity index (χ2v) is 4.49. The van der Waals surface area contributed by atoms with Crippen LogP contribution < -0.4 is 15.5 Å². The number of hydrogen-bond donors (Lipinski definition) is 1. The Morgan fingerprint density at radius 3 is 2.94 bits per heavy atom. The predicted molar refractivity (Wildman–Crippen MR) is 70.7 cm³/mol. The highest BCUT2D eigenvalue weighted by Gasteiger charge is 2.24. The largest absolute Gasteiger partial charge is 0.367 e. The third-order valence-corrected chi connectivity index (χ3v) is 3.32. The first-order valence-corrected chi connectivity index (χ1v) is 6.03. The summed E-state index contributed by atoms with van der Waals surface area (Å²) in [7, 11) is 1.78. The van der Waals surface area contributed by atoms with Crippen LogP contribution in [-0.4, -0.2) is 32.6 Å². The number of anilines is 2. The highest BCUT2D eigenvalue weighted by atomic mass is 35.5. The molecule has 1 aliphatic rings. The van der Waals surface area contributed by atoms with Crippen LogP contribution >= 0.6 is 11.6 Å². The first-order valence-electron chi connectivity index (χ1n) is 5.65. The van der Waals surface area contributed by atoms with Crippen molar-refractivity contribution in [1.29, 1.82) is 0 Å². The normalized spacial score (nSPS) is 15.8. The van der Waals surface area contributed by atoms with Gasteiger partial charge in [0, 0.05) is 33.1 Å². The standard InChI is InChI=1S/C12H16ClN3O/c1-15-10-4-2-3-9(13)12(10)16(8-6-14)7-5-11(15)17/h2-4H,5-8,14H2,1H3. The van der Waals surface area contributed by atoms with E-state index in [1.54, 1.807) is 11.9 Å². The van der Waals surface area contributed by atoms with Crippen LogP contribution in [0.3, 0.4) is 0 Å². The second-order valence-electron chi connectivity index (χ2n) is 4.09. The van der Waals surface area contributed by atoms with Crippen molar-refractivity contribution in [3.05, 3.63) is 23.2 Å². The molecule has 1 amide bonds. The first-order chi connectivity index (χ1) is 8.15. The molecule has 0 aliphatic carbocycles. The summed E-state index contributed by atoms with van der Waals surface area (Å²) in [6, 6.07) is 5.61. The van der Waals surface area contributed by atoms with E-state index in [-0.39, 0.29) is 5.91 Å². The van der Waals surface area contributed by atoms with Gasteiger partial charge in [-0.1, -0.05) is 17.7 Å². The van der Waals surface area contributed by atoms with Gasteiger partial charge in [0.15, 0.2) is 0 Å². The Labute approximate surface area is 106 Å². The minimum absolute atomic E-state index is 0.105. The number of hydrogen-bond acceptors (Lipinski definition) is 3. The molecule has 0 unspecified atom stereocenters. The Balaban J connectivity index is 2.51. The van der Waals surface area contributed by atoms with Crippen LogP contribution in [0.5, 0.6) is 0 Å². The summed E-state index contributed by atoms with van der Waals surface area (Å²) in [6.45, 7) is 1.91. The fourth-order valence-electron chi connectivity index (χ4n) is 2.11. The van der Waals surface area contributed by atoms with Gasteiger partial charge in [0.2, 0.25) is 5.91 Å². The van der Waals surface area contributed by atoms with Crippen LogP contribution in [-0.2, 0) is 4.79 Å². The van der Waals surface area contributed by atoms with E-state index >= 15 is 0 Å². The van der Waals surface area contributed by atoms with Crippen molar-refractivity contribution >= 4 is 28.9 Å². The van der Waals surface area contributed by atoms with Crippen LogP contribution in [0.4, 0.5) is 11.4 Å². The van der Waals surface area contributed by atoms with Crippen LogP contribution in [0.2, 0.25) is 5.02 Å². The maximum absolute atomic E-state index is 11.9. The van der Waals surface area contributed by atoms with Gasteiger partial charge in [-0.3, -0.25) is 4.79 Å². The van der Waals surface area contributed by atoms with E-state index in [2.05, 4.69) is 4.90 Å². The molecule has 0 saturated carbocycles. The summed E-state index contributed by atoms with van der Waals surface area (Å²) in [5.74, 6) is 0.105. The number of rotatable bonds is 2. The molecular formula is C12H16ClN3O. The number of benzene rings is 1. The van der Waals surface area contributed by atoms with Crippen LogP contribution in [0.25, 0.3) is 0 Å². The van der Waals surface area contributed by atoms with E-state index in [0.29, 0.717) is 31.1 Å². The summed E-state index contributed by atoms with van der Waals surface area (Å²) in [6.07, 6.45) is 0.488. The molecule has 1 heterocycles. The molecule has 0 bridgehead atoms. The average Bonchev–Trinajstić information content (AvgIpc) is 2.43. The van der Waals surface area contributed by atoms with Gasteiger partial charge in [0.1, 0.15) is 0 Å². The fourth-order valence-corrected chi connectivity index (χ4v) is 2.40. The number of carbonyl (C=O) groups is 1. The number of fused-ring (bicyclic) bond motifs is 1. The smallest absolute Gasteiger partial charge is 0.228 e. The van der Waals surface area contributed by atoms with Gasteiger partial charge in [-0.05, 0) is 12.1 Å². The molecule has 92 valence electrons. The molecular weight excluding hydrogens is 238 g/mol. The fraction of sp³-hybridized carbons (Fsp3) is 0.417. The number of nitrogens with zero attached hydrogens (tertiary/aromatic N) is 2. The Morgan fingerprint density at radius 1 is 1.47 bits per heavy atom. The van der Waals surface area contributed by atoms with E-state index in [0.717, 1.165) is 11.4 Å². The molecule has 0 atom stereocenters. The van der Waals surface area contributed by atoms with Crippen molar-refractivity contribution in [2.24, 2.45) is 5.73 Å². The molecule has 0 fully saturated rings. The minimum Gasteiger partial charge on any atom is -0.367 e. The van der Waals surface area contributed by atoms with Crippen molar-refractivity contribution in [2.45, 2.75) is 6.42 Å². The molecule has 5 heteroatoms. The van der Waals surface area contributed by atoms with E-state index in [4.69, 9.17) is 17.3 Å². The Kier molecular flexibility index (Phi) is 3.54. The second kappa shape index (κ2) is 4.94. The zero-order valence-corrected chi connectivity index (χ0v) is 10.6. The minimum atomic E-state index is 0.105. The van der Waals surface area contributed by atoms with Crippen molar-refractivity contribution in [3.63, 3.8) is 0 Å². The van der Waals surface area contributed by atoms with E-state index in [1.165, 1.54) is 0 Å². The van der Waals surface area contributed by atoms with Crippen molar-refractivity contribution in [1.82, 2.24) is 0 Å². The van der Waals surface area contributed by atoms with Gasteiger partial charge in [-0.25, -0.2) is 0 Å². The molecule has 0 aromatic heterocycles. The maximum Gasteiger partial charge on any atom is 0.228 e. The summed E-state index contributed by atoms with van der Waals surface area (Å²) in [5, 5.41) is 0.664. The predicted octanol–water partition coefficient (Wildman–Crippen LogP) is 1.47. The topological polar surface area (TPSA) is 49.6 Å². The first kappa shape index (κ1) is 12.2. The zero-order chi connectivity index (χ0) is 12.4. The lowest BCUT2D eigenvalue weighted by Gasteiger charge is -2.25. The summed E-state index contributed by atoms with van der Waals surface area (Å²) < 4.78 is 0. The quantitative estimate of drug-likeness (QED) is 0.869. The van der Waals surface area contributed by atoms with E-state index in [1.807, 2.05) is 18.2 Å². The lowest BCUT2D eigenvalue weighted by molar-refractivity contribution is -0.118.